The third kappa shape index (κ3) is 2.09. The number of aromatic nitrogens is 2. The molecule has 1 fully saturated rings. The summed E-state index contributed by atoms with van der Waals surface area (Å²) < 4.78 is 2.17. The van der Waals surface area contributed by atoms with Gasteiger partial charge in [-0.15, -0.1) is 0 Å². The van der Waals surface area contributed by atoms with Gasteiger partial charge >= 0.3 is 0 Å². The Balaban J connectivity index is 1.84. The van der Waals surface area contributed by atoms with Gasteiger partial charge in [-0.3, -0.25) is 0 Å². The molecule has 0 radical (unpaired) electrons. The van der Waals surface area contributed by atoms with Crippen LogP contribution in [0.15, 0.2) is 18.2 Å². The van der Waals surface area contributed by atoms with Crippen LogP contribution in [0.3, 0.4) is 0 Å². The lowest BCUT2D eigenvalue weighted by Gasteiger charge is -2.11. The highest BCUT2D eigenvalue weighted by Crippen LogP contribution is 2.29. The van der Waals surface area contributed by atoms with Crippen LogP contribution in [0.25, 0.3) is 11.0 Å². The first kappa shape index (κ1) is 11.6. The van der Waals surface area contributed by atoms with Crippen LogP contribution in [0.5, 0.6) is 0 Å². The van der Waals surface area contributed by atoms with Crippen molar-refractivity contribution in [1.29, 1.82) is 0 Å². The van der Waals surface area contributed by atoms with Gasteiger partial charge in [0.2, 0.25) is 5.95 Å². The normalized spacial score (nSPS) is 16.7. The fourth-order valence-corrected chi connectivity index (χ4v) is 3.10. The Morgan fingerprint density at radius 1 is 1.33 bits per heavy atom. The molecular weight excluding hydrogens is 222 g/mol. The Bertz CT molecular complexity index is 550. The van der Waals surface area contributed by atoms with Crippen molar-refractivity contribution in [3.05, 3.63) is 23.8 Å². The zero-order valence-corrected chi connectivity index (χ0v) is 11.0. The molecular formula is C15H21N3. The molecule has 1 aromatic heterocycles. The van der Waals surface area contributed by atoms with E-state index in [1.54, 1.807) is 0 Å². The zero-order valence-electron chi connectivity index (χ0n) is 11.0. The van der Waals surface area contributed by atoms with Crippen molar-refractivity contribution in [3.63, 3.8) is 0 Å². The Morgan fingerprint density at radius 3 is 2.89 bits per heavy atom. The second-order valence-corrected chi connectivity index (χ2v) is 5.55. The van der Waals surface area contributed by atoms with Gasteiger partial charge in [-0.25, -0.2) is 4.98 Å². The molecule has 3 rings (SSSR count). The number of aryl methyl sites for hydroxylation is 2. The summed E-state index contributed by atoms with van der Waals surface area (Å²) in [4.78, 5) is 4.46. The van der Waals surface area contributed by atoms with Crippen molar-refractivity contribution in [3.8, 4) is 0 Å². The molecule has 1 heterocycles. The number of hydrogen-bond acceptors (Lipinski definition) is 2. The standard InChI is InChI=1S/C15H21N3/c1-11-6-7-14-13(10-11)17-15(16)18(14)9-8-12-4-2-3-5-12/h6-7,10,12H,2-5,8-9H2,1H3,(H2,16,17). The molecule has 96 valence electrons. The SMILES string of the molecule is Cc1ccc2c(c1)nc(N)n2CCC1CCCC1. The Hall–Kier alpha value is -1.51. The molecule has 0 atom stereocenters. The van der Waals surface area contributed by atoms with Gasteiger partial charge in [-0.05, 0) is 37.0 Å². The molecule has 2 aromatic rings. The first-order valence-corrected chi connectivity index (χ1v) is 6.96. The van der Waals surface area contributed by atoms with E-state index in [9.17, 15) is 0 Å². The number of rotatable bonds is 3. The first-order valence-electron chi connectivity index (χ1n) is 6.96. The van der Waals surface area contributed by atoms with Gasteiger partial charge < -0.3 is 10.3 Å². The highest BCUT2D eigenvalue weighted by Gasteiger charge is 2.16. The van der Waals surface area contributed by atoms with Crippen molar-refractivity contribution in [2.45, 2.75) is 45.6 Å². The lowest BCUT2D eigenvalue weighted by molar-refractivity contribution is 0.464. The van der Waals surface area contributed by atoms with Crippen LogP contribution in [-0.2, 0) is 6.54 Å². The van der Waals surface area contributed by atoms with E-state index in [4.69, 9.17) is 5.73 Å². The number of anilines is 1. The van der Waals surface area contributed by atoms with Crippen molar-refractivity contribution < 1.29 is 0 Å². The van der Waals surface area contributed by atoms with Gasteiger partial charge in [0, 0.05) is 6.54 Å². The minimum Gasteiger partial charge on any atom is -0.369 e. The van der Waals surface area contributed by atoms with Gasteiger partial charge in [0.1, 0.15) is 0 Å². The molecule has 1 saturated carbocycles. The fraction of sp³-hybridized carbons (Fsp3) is 0.533. The van der Waals surface area contributed by atoms with Crippen LogP contribution in [0.2, 0.25) is 0 Å². The van der Waals surface area contributed by atoms with Crippen LogP contribution >= 0.6 is 0 Å². The predicted molar refractivity (Wildman–Crippen MR) is 75.5 cm³/mol. The molecule has 18 heavy (non-hydrogen) atoms. The molecule has 0 unspecified atom stereocenters. The third-order valence-electron chi connectivity index (χ3n) is 4.17. The maximum absolute atomic E-state index is 6.04. The van der Waals surface area contributed by atoms with E-state index in [1.807, 2.05) is 0 Å². The number of nitrogens with zero attached hydrogens (tertiary/aromatic N) is 2. The Morgan fingerprint density at radius 2 is 2.11 bits per heavy atom. The number of nitrogens with two attached hydrogens (primary N) is 1. The van der Waals surface area contributed by atoms with Crippen molar-refractivity contribution in [1.82, 2.24) is 9.55 Å². The maximum atomic E-state index is 6.04. The molecule has 0 bridgehead atoms. The van der Waals surface area contributed by atoms with Gasteiger partial charge in [0.15, 0.2) is 0 Å². The molecule has 0 spiro atoms. The second-order valence-electron chi connectivity index (χ2n) is 5.55. The summed E-state index contributed by atoms with van der Waals surface area (Å²) in [5.41, 5.74) is 9.48. The van der Waals surface area contributed by atoms with Crippen LogP contribution in [0.4, 0.5) is 5.95 Å². The molecule has 2 N–H and O–H groups in total. The van der Waals surface area contributed by atoms with E-state index in [2.05, 4.69) is 34.7 Å². The fourth-order valence-electron chi connectivity index (χ4n) is 3.10. The van der Waals surface area contributed by atoms with Gasteiger partial charge in [0.25, 0.3) is 0 Å². The number of fused-ring (bicyclic) bond motifs is 1. The molecule has 0 amide bonds. The summed E-state index contributed by atoms with van der Waals surface area (Å²) in [6.07, 6.45) is 6.84. The zero-order chi connectivity index (χ0) is 12.5. The van der Waals surface area contributed by atoms with E-state index in [0.717, 1.165) is 18.0 Å². The monoisotopic (exact) mass is 243 g/mol. The Labute approximate surface area is 108 Å². The van der Waals surface area contributed by atoms with E-state index in [-0.39, 0.29) is 0 Å². The molecule has 0 saturated heterocycles. The minimum atomic E-state index is 0.661. The summed E-state index contributed by atoms with van der Waals surface area (Å²) in [5, 5.41) is 0. The van der Waals surface area contributed by atoms with Crippen LogP contribution < -0.4 is 5.73 Å². The molecule has 1 aliphatic carbocycles. The summed E-state index contributed by atoms with van der Waals surface area (Å²) in [6.45, 7) is 3.10. The highest BCUT2D eigenvalue weighted by atomic mass is 15.1. The molecule has 3 heteroatoms. The molecule has 1 aliphatic rings. The van der Waals surface area contributed by atoms with Crippen LogP contribution in [0.1, 0.15) is 37.7 Å². The van der Waals surface area contributed by atoms with Gasteiger partial charge in [0.05, 0.1) is 11.0 Å². The second kappa shape index (κ2) is 4.63. The van der Waals surface area contributed by atoms with Crippen LogP contribution in [0, 0.1) is 12.8 Å². The smallest absolute Gasteiger partial charge is 0.201 e. The van der Waals surface area contributed by atoms with E-state index >= 15 is 0 Å². The van der Waals surface area contributed by atoms with Crippen LogP contribution in [-0.4, -0.2) is 9.55 Å². The van der Waals surface area contributed by atoms with Crippen molar-refractivity contribution in [2.24, 2.45) is 5.92 Å². The molecule has 0 aliphatic heterocycles. The number of imidazole rings is 1. The molecule has 3 nitrogen and oxygen atoms in total. The average molecular weight is 243 g/mol. The van der Waals surface area contributed by atoms with Gasteiger partial charge in [-0.2, -0.15) is 0 Å². The number of nitrogen functional groups attached to an aromatic ring is 1. The highest BCUT2D eigenvalue weighted by molar-refractivity contribution is 5.79. The Kier molecular flexibility index (Phi) is 2.98. The van der Waals surface area contributed by atoms with E-state index in [1.165, 1.54) is 43.2 Å². The first-order chi connectivity index (χ1) is 8.74. The third-order valence-corrected chi connectivity index (χ3v) is 4.17. The van der Waals surface area contributed by atoms with Crippen molar-refractivity contribution >= 4 is 17.0 Å². The summed E-state index contributed by atoms with van der Waals surface area (Å²) in [7, 11) is 0. The number of hydrogen-bond donors (Lipinski definition) is 1. The summed E-state index contributed by atoms with van der Waals surface area (Å²) in [5.74, 6) is 1.56. The average Bonchev–Trinajstić information content (AvgIpc) is 2.93. The lowest BCUT2D eigenvalue weighted by atomic mass is 10.0. The minimum absolute atomic E-state index is 0.661. The molecule has 1 aromatic carbocycles. The summed E-state index contributed by atoms with van der Waals surface area (Å²) >= 11 is 0. The summed E-state index contributed by atoms with van der Waals surface area (Å²) in [6, 6.07) is 6.38. The topological polar surface area (TPSA) is 43.8 Å². The van der Waals surface area contributed by atoms with E-state index < -0.39 is 0 Å². The predicted octanol–water partition coefficient (Wildman–Crippen LogP) is 3.51. The maximum Gasteiger partial charge on any atom is 0.201 e. The van der Waals surface area contributed by atoms with E-state index in [0.29, 0.717) is 5.95 Å². The van der Waals surface area contributed by atoms with Gasteiger partial charge in [-0.1, -0.05) is 31.7 Å². The number of benzene rings is 1. The quantitative estimate of drug-likeness (QED) is 0.896. The van der Waals surface area contributed by atoms with Crippen molar-refractivity contribution in [2.75, 3.05) is 5.73 Å². The lowest BCUT2D eigenvalue weighted by Crippen LogP contribution is -2.06. The largest absolute Gasteiger partial charge is 0.369 e.